The standard InChI is InChI=1S/C16H18ClNO3/c17-12-4-2-11(3-5-12)16(7-8-16)15(21)18-13-6-1-10(9-13)14(19)20/h2-5,10,13H,1,6-9H2,(H,18,21)(H,19,20)/t10-,13+/m0/s1. The van der Waals surface area contributed by atoms with Crippen molar-refractivity contribution >= 4 is 23.5 Å². The van der Waals surface area contributed by atoms with Gasteiger partial charge in [-0.3, -0.25) is 9.59 Å². The summed E-state index contributed by atoms with van der Waals surface area (Å²) in [4.78, 5) is 23.5. The van der Waals surface area contributed by atoms with E-state index in [1.165, 1.54) is 0 Å². The second kappa shape index (κ2) is 5.34. The number of carbonyl (C=O) groups excluding carboxylic acids is 1. The summed E-state index contributed by atoms with van der Waals surface area (Å²) in [5, 5.41) is 12.7. The third-order valence-corrected chi connectivity index (χ3v) is 4.95. The predicted octanol–water partition coefficient (Wildman–Crippen LogP) is 2.74. The highest BCUT2D eigenvalue weighted by Crippen LogP contribution is 2.48. The molecule has 0 heterocycles. The van der Waals surface area contributed by atoms with Crippen LogP contribution >= 0.6 is 11.6 Å². The van der Waals surface area contributed by atoms with Crippen LogP contribution in [0.2, 0.25) is 5.02 Å². The Morgan fingerprint density at radius 1 is 1.19 bits per heavy atom. The predicted molar refractivity (Wildman–Crippen MR) is 79.3 cm³/mol. The van der Waals surface area contributed by atoms with Gasteiger partial charge in [-0.05, 0) is 49.8 Å². The van der Waals surface area contributed by atoms with Crippen molar-refractivity contribution in [2.45, 2.75) is 43.6 Å². The van der Waals surface area contributed by atoms with Crippen molar-refractivity contribution in [1.29, 1.82) is 0 Å². The van der Waals surface area contributed by atoms with Crippen LogP contribution in [0.3, 0.4) is 0 Å². The van der Waals surface area contributed by atoms with Crippen molar-refractivity contribution in [3.8, 4) is 0 Å². The van der Waals surface area contributed by atoms with Crippen LogP contribution in [0.4, 0.5) is 0 Å². The molecule has 0 unspecified atom stereocenters. The average molecular weight is 308 g/mol. The van der Waals surface area contributed by atoms with Crippen LogP contribution in [-0.4, -0.2) is 23.0 Å². The molecule has 0 bridgehead atoms. The van der Waals surface area contributed by atoms with Crippen LogP contribution in [0.5, 0.6) is 0 Å². The number of carboxylic acids is 1. The molecule has 2 fully saturated rings. The third-order valence-electron chi connectivity index (χ3n) is 4.70. The van der Waals surface area contributed by atoms with E-state index >= 15 is 0 Å². The molecule has 0 saturated heterocycles. The number of hydrogen-bond donors (Lipinski definition) is 2. The lowest BCUT2D eigenvalue weighted by molar-refractivity contribution is -0.141. The van der Waals surface area contributed by atoms with Gasteiger partial charge in [0.1, 0.15) is 0 Å². The van der Waals surface area contributed by atoms with E-state index in [9.17, 15) is 9.59 Å². The summed E-state index contributed by atoms with van der Waals surface area (Å²) in [6.45, 7) is 0. The van der Waals surface area contributed by atoms with Gasteiger partial charge in [0, 0.05) is 11.1 Å². The topological polar surface area (TPSA) is 66.4 Å². The Bertz CT molecular complexity index is 565. The van der Waals surface area contributed by atoms with Crippen LogP contribution in [0, 0.1) is 5.92 Å². The van der Waals surface area contributed by atoms with Gasteiger partial charge in [-0.2, -0.15) is 0 Å². The highest BCUT2D eigenvalue weighted by Gasteiger charge is 2.51. The zero-order valence-corrected chi connectivity index (χ0v) is 12.4. The van der Waals surface area contributed by atoms with Gasteiger partial charge in [0.25, 0.3) is 0 Å². The molecule has 2 aliphatic rings. The fourth-order valence-corrected chi connectivity index (χ4v) is 3.33. The summed E-state index contributed by atoms with van der Waals surface area (Å²) in [5.41, 5.74) is 0.573. The fourth-order valence-electron chi connectivity index (χ4n) is 3.20. The number of aliphatic carboxylic acids is 1. The summed E-state index contributed by atoms with van der Waals surface area (Å²) in [5.74, 6) is -1.05. The Balaban J connectivity index is 1.66. The SMILES string of the molecule is O=C(O)[C@H]1CC[C@@H](NC(=O)C2(c3ccc(Cl)cc3)CC2)C1. The minimum Gasteiger partial charge on any atom is -0.481 e. The van der Waals surface area contributed by atoms with Crippen molar-refractivity contribution in [1.82, 2.24) is 5.32 Å². The van der Waals surface area contributed by atoms with Crippen LogP contribution in [0.25, 0.3) is 0 Å². The molecule has 2 atom stereocenters. The highest BCUT2D eigenvalue weighted by atomic mass is 35.5. The van der Waals surface area contributed by atoms with E-state index in [0.717, 1.165) is 24.8 Å². The average Bonchev–Trinajstić information content (AvgIpc) is 3.13. The number of carboxylic acid groups (broad SMARTS) is 1. The molecule has 112 valence electrons. The first kappa shape index (κ1) is 14.4. The maximum Gasteiger partial charge on any atom is 0.306 e. The number of amides is 1. The van der Waals surface area contributed by atoms with E-state index < -0.39 is 11.4 Å². The monoisotopic (exact) mass is 307 g/mol. The second-order valence-corrected chi connectivity index (χ2v) is 6.54. The Morgan fingerprint density at radius 3 is 2.38 bits per heavy atom. The van der Waals surface area contributed by atoms with Crippen molar-refractivity contribution in [2.75, 3.05) is 0 Å². The zero-order valence-electron chi connectivity index (χ0n) is 11.6. The summed E-state index contributed by atoms with van der Waals surface area (Å²) in [6.07, 6.45) is 3.62. The summed E-state index contributed by atoms with van der Waals surface area (Å²) in [7, 11) is 0. The Labute approximate surface area is 128 Å². The van der Waals surface area contributed by atoms with Crippen molar-refractivity contribution in [3.05, 3.63) is 34.9 Å². The van der Waals surface area contributed by atoms with Gasteiger partial charge in [-0.25, -0.2) is 0 Å². The first-order chi connectivity index (χ1) is 10.0. The van der Waals surface area contributed by atoms with Crippen LogP contribution in [0.1, 0.15) is 37.7 Å². The molecule has 4 nitrogen and oxygen atoms in total. The van der Waals surface area contributed by atoms with E-state index in [2.05, 4.69) is 5.32 Å². The van der Waals surface area contributed by atoms with Crippen molar-refractivity contribution in [2.24, 2.45) is 5.92 Å². The van der Waals surface area contributed by atoms with E-state index in [1.54, 1.807) is 12.1 Å². The number of halogens is 1. The number of carbonyl (C=O) groups is 2. The fraction of sp³-hybridized carbons (Fsp3) is 0.500. The molecule has 0 aromatic heterocycles. The van der Waals surface area contributed by atoms with Crippen LogP contribution < -0.4 is 5.32 Å². The molecule has 1 aromatic carbocycles. The summed E-state index contributed by atoms with van der Waals surface area (Å²) >= 11 is 5.89. The smallest absolute Gasteiger partial charge is 0.306 e. The first-order valence-corrected chi connectivity index (χ1v) is 7.69. The largest absolute Gasteiger partial charge is 0.481 e. The number of nitrogens with one attached hydrogen (secondary N) is 1. The number of hydrogen-bond acceptors (Lipinski definition) is 2. The van der Waals surface area contributed by atoms with E-state index in [1.807, 2.05) is 12.1 Å². The maximum absolute atomic E-state index is 12.6. The van der Waals surface area contributed by atoms with Crippen molar-refractivity contribution in [3.63, 3.8) is 0 Å². The molecule has 2 N–H and O–H groups in total. The molecule has 5 heteroatoms. The van der Waals surface area contributed by atoms with Crippen LogP contribution in [-0.2, 0) is 15.0 Å². The lowest BCUT2D eigenvalue weighted by atomic mass is 9.94. The molecule has 0 aliphatic heterocycles. The molecule has 1 amide bonds. The Morgan fingerprint density at radius 2 is 1.86 bits per heavy atom. The molecule has 3 rings (SSSR count). The summed E-state index contributed by atoms with van der Waals surface area (Å²) < 4.78 is 0. The van der Waals surface area contributed by atoms with Gasteiger partial charge in [0.15, 0.2) is 0 Å². The van der Waals surface area contributed by atoms with E-state index in [4.69, 9.17) is 16.7 Å². The van der Waals surface area contributed by atoms with Gasteiger partial charge in [-0.15, -0.1) is 0 Å². The molecule has 2 saturated carbocycles. The molecule has 2 aliphatic carbocycles. The molecule has 21 heavy (non-hydrogen) atoms. The normalized spacial score (nSPS) is 26.3. The van der Waals surface area contributed by atoms with Gasteiger partial charge in [0.2, 0.25) is 5.91 Å². The lowest BCUT2D eigenvalue weighted by Gasteiger charge is -2.19. The molecular formula is C16H18ClNO3. The Hall–Kier alpha value is -1.55. The third kappa shape index (κ3) is 2.77. The van der Waals surface area contributed by atoms with Gasteiger partial charge < -0.3 is 10.4 Å². The zero-order chi connectivity index (χ0) is 15.0. The quantitative estimate of drug-likeness (QED) is 0.899. The highest BCUT2D eigenvalue weighted by molar-refractivity contribution is 6.30. The number of rotatable bonds is 4. The van der Waals surface area contributed by atoms with E-state index in [-0.39, 0.29) is 17.9 Å². The maximum atomic E-state index is 12.6. The minimum atomic E-state index is -0.759. The van der Waals surface area contributed by atoms with Gasteiger partial charge in [0.05, 0.1) is 11.3 Å². The first-order valence-electron chi connectivity index (χ1n) is 7.31. The Kier molecular flexibility index (Phi) is 3.66. The lowest BCUT2D eigenvalue weighted by Crippen LogP contribution is -2.40. The number of benzene rings is 1. The summed E-state index contributed by atoms with van der Waals surface area (Å²) in [6, 6.07) is 7.41. The van der Waals surface area contributed by atoms with Crippen LogP contribution in [0.15, 0.2) is 24.3 Å². The van der Waals surface area contributed by atoms with Crippen molar-refractivity contribution < 1.29 is 14.7 Å². The molecule has 0 spiro atoms. The molecular weight excluding hydrogens is 290 g/mol. The van der Waals surface area contributed by atoms with E-state index in [0.29, 0.717) is 17.9 Å². The van der Waals surface area contributed by atoms with Gasteiger partial charge in [-0.1, -0.05) is 23.7 Å². The van der Waals surface area contributed by atoms with Gasteiger partial charge >= 0.3 is 5.97 Å². The molecule has 0 radical (unpaired) electrons. The minimum absolute atomic E-state index is 0.0108. The molecule has 1 aromatic rings. The second-order valence-electron chi connectivity index (χ2n) is 6.11.